The molecule has 4 nitrogen and oxygen atoms in total. The van der Waals surface area contributed by atoms with Gasteiger partial charge in [-0.05, 0) is 18.6 Å². The maximum atomic E-state index is 12.1. The van der Waals surface area contributed by atoms with Gasteiger partial charge in [-0.2, -0.15) is 0 Å². The molecule has 0 aliphatic heterocycles. The zero-order valence-corrected chi connectivity index (χ0v) is 11.2. The van der Waals surface area contributed by atoms with E-state index in [2.05, 4.69) is 17.2 Å². The maximum absolute atomic E-state index is 12.1. The predicted octanol–water partition coefficient (Wildman–Crippen LogP) is 2.79. The number of nitrogens with one attached hydrogen (secondary N) is 1. The van der Waals surface area contributed by atoms with E-state index in [-0.39, 0.29) is 5.91 Å². The van der Waals surface area contributed by atoms with Crippen LogP contribution in [-0.2, 0) is 0 Å². The number of unbranched alkanes of at least 4 members (excludes halogenated alkanes) is 2. The summed E-state index contributed by atoms with van der Waals surface area (Å²) in [6.07, 6.45) is 6.57. The molecule has 100 valence electrons. The van der Waals surface area contributed by atoms with Crippen LogP contribution in [0, 0.1) is 0 Å². The minimum absolute atomic E-state index is 0.0718. The summed E-state index contributed by atoms with van der Waals surface area (Å²) >= 11 is 0. The second-order valence-electron chi connectivity index (χ2n) is 4.45. The lowest BCUT2D eigenvalue weighted by molar-refractivity contribution is 0.0946. The molecule has 0 bridgehead atoms. The molecule has 0 radical (unpaired) electrons. The Morgan fingerprint density at radius 1 is 1.26 bits per heavy atom. The number of hydrogen-bond acceptors (Lipinski definition) is 2. The quantitative estimate of drug-likeness (QED) is 0.809. The molecule has 1 amide bonds. The molecule has 0 atom stereocenters. The van der Waals surface area contributed by atoms with Crippen molar-refractivity contribution in [1.29, 1.82) is 0 Å². The number of rotatable bonds is 6. The van der Waals surface area contributed by atoms with Crippen LogP contribution in [0.2, 0.25) is 0 Å². The molecule has 0 aliphatic rings. The number of amides is 1. The van der Waals surface area contributed by atoms with Crippen molar-refractivity contribution < 1.29 is 4.79 Å². The first-order valence-corrected chi connectivity index (χ1v) is 6.69. The molecule has 4 heteroatoms. The first-order valence-electron chi connectivity index (χ1n) is 6.69. The molecule has 0 saturated carbocycles. The Morgan fingerprint density at radius 2 is 2.05 bits per heavy atom. The molecular formula is C15H19N3O. The summed E-state index contributed by atoms with van der Waals surface area (Å²) in [5.74, 6) is -0.0718. The number of imidazole rings is 1. The van der Waals surface area contributed by atoms with Crippen LogP contribution in [0.1, 0.15) is 36.7 Å². The lowest BCUT2D eigenvalue weighted by Crippen LogP contribution is -2.26. The Balaban J connectivity index is 2.05. The molecule has 0 aliphatic carbocycles. The normalized spacial score (nSPS) is 10.4. The van der Waals surface area contributed by atoms with Crippen molar-refractivity contribution in [1.82, 2.24) is 14.9 Å². The second-order valence-corrected chi connectivity index (χ2v) is 4.45. The van der Waals surface area contributed by atoms with Crippen LogP contribution in [0.3, 0.4) is 0 Å². The van der Waals surface area contributed by atoms with Gasteiger partial charge in [-0.3, -0.25) is 9.36 Å². The van der Waals surface area contributed by atoms with E-state index in [9.17, 15) is 4.79 Å². The number of carbonyl (C=O) groups is 1. The summed E-state index contributed by atoms with van der Waals surface area (Å²) in [6, 6.07) is 9.74. The van der Waals surface area contributed by atoms with Crippen LogP contribution in [-0.4, -0.2) is 22.0 Å². The lowest BCUT2D eigenvalue weighted by Gasteiger charge is -2.08. The minimum atomic E-state index is -0.0718. The van der Waals surface area contributed by atoms with Crippen molar-refractivity contribution in [2.45, 2.75) is 26.2 Å². The van der Waals surface area contributed by atoms with Gasteiger partial charge in [0.2, 0.25) is 0 Å². The molecule has 1 heterocycles. The molecule has 1 aromatic carbocycles. The van der Waals surface area contributed by atoms with E-state index < -0.39 is 0 Å². The molecule has 0 spiro atoms. The Morgan fingerprint density at radius 3 is 2.79 bits per heavy atom. The maximum Gasteiger partial charge on any atom is 0.269 e. The predicted molar refractivity (Wildman–Crippen MR) is 75.4 cm³/mol. The Labute approximate surface area is 113 Å². The fraction of sp³-hybridized carbons (Fsp3) is 0.333. The van der Waals surface area contributed by atoms with Gasteiger partial charge < -0.3 is 5.32 Å². The summed E-state index contributed by atoms with van der Waals surface area (Å²) < 4.78 is 1.80. The lowest BCUT2D eigenvalue weighted by atomic mass is 10.2. The number of para-hydroxylation sites is 1. The Bertz CT molecular complexity index is 519. The summed E-state index contributed by atoms with van der Waals surface area (Å²) in [6.45, 7) is 2.86. The van der Waals surface area contributed by atoms with E-state index in [0.717, 1.165) is 24.9 Å². The first-order chi connectivity index (χ1) is 9.33. The summed E-state index contributed by atoms with van der Waals surface area (Å²) in [7, 11) is 0. The van der Waals surface area contributed by atoms with Crippen molar-refractivity contribution in [3.63, 3.8) is 0 Å². The number of nitrogens with zero attached hydrogens (tertiary/aromatic N) is 2. The largest absolute Gasteiger partial charge is 0.351 e. The monoisotopic (exact) mass is 257 g/mol. The van der Waals surface area contributed by atoms with Crippen molar-refractivity contribution in [2.75, 3.05) is 6.54 Å². The highest BCUT2D eigenvalue weighted by Crippen LogP contribution is 2.10. The fourth-order valence-corrected chi connectivity index (χ4v) is 1.92. The average Bonchev–Trinajstić information content (AvgIpc) is 2.94. The smallest absolute Gasteiger partial charge is 0.269 e. The third-order valence-corrected chi connectivity index (χ3v) is 2.97. The van der Waals surface area contributed by atoms with Crippen LogP contribution in [0.4, 0.5) is 0 Å². The average molecular weight is 257 g/mol. The standard InChI is InChI=1S/C15H19N3O/c1-2-3-7-10-17-15(19)14-11-16-12-18(14)13-8-5-4-6-9-13/h4-6,8-9,11-12H,2-3,7,10H2,1H3,(H,17,19). The molecule has 1 N–H and O–H groups in total. The number of benzene rings is 1. The highest BCUT2D eigenvalue weighted by Gasteiger charge is 2.11. The van der Waals surface area contributed by atoms with E-state index in [1.807, 2.05) is 30.3 Å². The van der Waals surface area contributed by atoms with Gasteiger partial charge in [-0.15, -0.1) is 0 Å². The van der Waals surface area contributed by atoms with Gasteiger partial charge in [0.15, 0.2) is 0 Å². The number of aromatic nitrogens is 2. The Kier molecular flexibility index (Phi) is 4.72. The molecule has 0 saturated heterocycles. The van der Waals surface area contributed by atoms with Crippen molar-refractivity contribution in [3.8, 4) is 5.69 Å². The van der Waals surface area contributed by atoms with E-state index in [1.165, 1.54) is 0 Å². The second kappa shape index (κ2) is 6.73. The number of hydrogen-bond donors (Lipinski definition) is 1. The van der Waals surface area contributed by atoms with Gasteiger partial charge in [-0.1, -0.05) is 38.0 Å². The van der Waals surface area contributed by atoms with Crippen LogP contribution in [0.5, 0.6) is 0 Å². The molecule has 0 unspecified atom stereocenters. The van der Waals surface area contributed by atoms with E-state index in [1.54, 1.807) is 17.1 Å². The molecule has 1 aromatic heterocycles. The third-order valence-electron chi connectivity index (χ3n) is 2.97. The topological polar surface area (TPSA) is 46.9 Å². The van der Waals surface area contributed by atoms with Crippen molar-refractivity contribution in [2.24, 2.45) is 0 Å². The molecule has 0 fully saturated rings. The van der Waals surface area contributed by atoms with Gasteiger partial charge in [0.05, 0.1) is 12.5 Å². The van der Waals surface area contributed by atoms with Crippen molar-refractivity contribution >= 4 is 5.91 Å². The van der Waals surface area contributed by atoms with Crippen molar-refractivity contribution in [3.05, 3.63) is 48.5 Å². The van der Waals surface area contributed by atoms with Gasteiger partial charge in [0.1, 0.15) is 5.69 Å². The summed E-state index contributed by atoms with van der Waals surface area (Å²) in [5.41, 5.74) is 1.52. The van der Waals surface area contributed by atoms with E-state index in [4.69, 9.17) is 0 Å². The summed E-state index contributed by atoms with van der Waals surface area (Å²) in [5, 5.41) is 2.93. The highest BCUT2D eigenvalue weighted by molar-refractivity contribution is 5.92. The van der Waals surface area contributed by atoms with Crippen LogP contribution in [0.15, 0.2) is 42.9 Å². The zero-order chi connectivity index (χ0) is 13.5. The summed E-state index contributed by atoms with van der Waals surface area (Å²) in [4.78, 5) is 16.2. The van der Waals surface area contributed by atoms with Gasteiger partial charge in [-0.25, -0.2) is 4.98 Å². The van der Waals surface area contributed by atoms with E-state index in [0.29, 0.717) is 12.2 Å². The molecule has 2 aromatic rings. The van der Waals surface area contributed by atoms with Gasteiger partial charge >= 0.3 is 0 Å². The van der Waals surface area contributed by atoms with Crippen LogP contribution in [0.25, 0.3) is 5.69 Å². The third kappa shape index (κ3) is 3.44. The molecule has 2 rings (SSSR count). The van der Waals surface area contributed by atoms with E-state index >= 15 is 0 Å². The highest BCUT2D eigenvalue weighted by atomic mass is 16.1. The fourth-order valence-electron chi connectivity index (χ4n) is 1.92. The number of carbonyl (C=O) groups excluding carboxylic acids is 1. The minimum Gasteiger partial charge on any atom is -0.351 e. The molecule has 19 heavy (non-hydrogen) atoms. The van der Waals surface area contributed by atoms with Crippen LogP contribution >= 0.6 is 0 Å². The molecular weight excluding hydrogens is 238 g/mol. The zero-order valence-electron chi connectivity index (χ0n) is 11.2. The van der Waals surface area contributed by atoms with Gasteiger partial charge in [0.25, 0.3) is 5.91 Å². The first kappa shape index (κ1) is 13.3. The Hall–Kier alpha value is -2.10. The van der Waals surface area contributed by atoms with Crippen LogP contribution < -0.4 is 5.32 Å². The SMILES string of the molecule is CCCCCNC(=O)c1cncn1-c1ccccc1. The van der Waals surface area contributed by atoms with Gasteiger partial charge in [0, 0.05) is 12.2 Å².